The van der Waals surface area contributed by atoms with Gasteiger partial charge in [-0.1, -0.05) is 6.07 Å². The van der Waals surface area contributed by atoms with E-state index in [1.165, 1.54) is 12.0 Å². The van der Waals surface area contributed by atoms with Crippen LogP contribution >= 0.6 is 0 Å². The molecule has 1 fully saturated rings. The number of pyridine rings is 1. The van der Waals surface area contributed by atoms with E-state index in [4.69, 9.17) is 4.74 Å². The number of aromatic nitrogens is 1. The summed E-state index contributed by atoms with van der Waals surface area (Å²) in [5.41, 5.74) is 0.947. The number of carbonyl (C=O) groups is 3. The molecular formula is C17H21N3O4. The normalized spacial score (nSPS) is 23.2. The topological polar surface area (TPSA) is 79.8 Å². The van der Waals surface area contributed by atoms with Gasteiger partial charge in [0.15, 0.2) is 0 Å². The number of methoxy groups -OCH3 is 1. The van der Waals surface area contributed by atoms with E-state index in [0.717, 1.165) is 12.8 Å². The summed E-state index contributed by atoms with van der Waals surface area (Å²) in [6, 6.07) is 2.79. The smallest absolute Gasteiger partial charge is 0.306 e. The number of ether oxygens (including phenoxy) is 1. The lowest BCUT2D eigenvalue weighted by atomic mass is 9.82. The van der Waals surface area contributed by atoms with E-state index >= 15 is 0 Å². The maximum Gasteiger partial charge on any atom is 0.306 e. The Balaban J connectivity index is 2.02. The van der Waals surface area contributed by atoms with Crippen LogP contribution in [0.25, 0.3) is 0 Å². The van der Waals surface area contributed by atoms with Gasteiger partial charge >= 0.3 is 5.97 Å². The molecule has 2 aliphatic rings. The molecule has 2 aliphatic heterocycles. The van der Waals surface area contributed by atoms with Gasteiger partial charge in [0.2, 0.25) is 5.91 Å². The highest BCUT2D eigenvalue weighted by atomic mass is 16.5. The van der Waals surface area contributed by atoms with Gasteiger partial charge < -0.3 is 14.5 Å². The highest BCUT2D eigenvalue weighted by Crippen LogP contribution is 2.35. The number of nitrogens with zero attached hydrogens (tertiary/aromatic N) is 3. The molecule has 2 amide bonds. The minimum Gasteiger partial charge on any atom is -0.469 e. The van der Waals surface area contributed by atoms with E-state index in [0.29, 0.717) is 24.3 Å². The van der Waals surface area contributed by atoms with Gasteiger partial charge in [-0.3, -0.25) is 19.4 Å². The number of likely N-dealkylation sites (N-methyl/N-ethyl adjacent to an activating group) is 1. The van der Waals surface area contributed by atoms with Gasteiger partial charge in [0.1, 0.15) is 11.7 Å². The standard InChI is InChI=1S/C17H21N3O4/c1-19-15(17(23)20-8-3-4-9-20)12(10-13(21)24-2)11-6-5-7-18-14(11)16(19)22/h5-7,12,15H,3-4,8-10H2,1-2H3/t12-,15-/m0/s1. The average molecular weight is 331 g/mol. The molecule has 0 radical (unpaired) electrons. The fraction of sp³-hybridized carbons (Fsp3) is 0.529. The second-order valence-corrected chi connectivity index (χ2v) is 6.22. The predicted molar refractivity (Wildman–Crippen MR) is 85.3 cm³/mol. The van der Waals surface area contributed by atoms with Crippen molar-refractivity contribution in [2.75, 3.05) is 27.2 Å². The summed E-state index contributed by atoms with van der Waals surface area (Å²) in [5, 5.41) is 0. The monoisotopic (exact) mass is 331 g/mol. The molecule has 0 unspecified atom stereocenters. The molecule has 1 aromatic heterocycles. The lowest BCUT2D eigenvalue weighted by Crippen LogP contribution is -2.55. The van der Waals surface area contributed by atoms with Crippen molar-refractivity contribution in [3.05, 3.63) is 29.6 Å². The number of amides is 2. The van der Waals surface area contributed by atoms with Crippen LogP contribution in [0, 0.1) is 0 Å². The molecule has 3 rings (SSSR count). The third-order valence-electron chi connectivity index (χ3n) is 4.84. The molecule has 1 aromatic rings. The molecule has 7 nitrogen and oxygen atoms in total. The summed E-state index contributed by atoms with van der Waals surface area (Å²) >= 11 is 0. The molecule has 0 N–H and O–H groups in total. The molecule has 0 aromatic carbocycles. The van der Waals surface area contributed by atoms with Crippen LogP contribution < -0.4 is 0 Å². The first-order valence-corrected chi connectivity index (χ1v) is 8.12. The Bertz CT molecular complexity index is 670. The van der Waals surface area contributed by atoms with Crippen molar-refractivity contribution in [1.82, 2.24) is 14.8 Å². The summed E-state index contributed by atoms with van der Waals surface area (Å²) in [6.45, 7) is 1.39. The first-order chi connectivity index (χ1) is 11.5. The van der Waals surface area contributed by atoms with Gasteiger partial charge in [-0.25, -0.2) is 0 Å². The summed E-state index contributed by atoms with van der Waals surface area (Å²) in [6.07, 6.45) is 3.52. The molecule has 128 valence electrons. The number of esters is 1. The molecule has 7 heteroatoms. The zero-order valence-electron chi connectivity index (χ0n) is 13.9. The number of hydrogen-bond acceptors (Lipinski definition) is 5. The number of carbonyl (C=O) groups excluding carboxylic acids is 3. The Morgan fingerprint density at radius 3 is 2.71 bits per heavy atom. The molecule has 24 heavy (non-hydrogen) atoms. The summed E-state index contributed by atoms with van der Waals surface area (Å²) < 4.78 is 4.80. The Morgan fingerprint density at radius 1 is 1.33 bits per heavy atom. The van der Waals surface area contributed by atoms with Crippen molar-refractivity contribution in [2.24, 2.45) is 0 Å². The first-order valence-electron chi connectivity index (χ1n) is 8.12. The van der Waals surface area contributed by atoms with Crippen molar-refractivity contribution >= 4 is 17.8 Å². The largest absolute Gasteiger partial charge is 0.469 e. The van der Waals surface area contributed by atoms with Crippen molar-refractivity contribution in [2.45, 2.75) is 31.2 Å². The molecule has 0 spiro atoms. The van der Waals surface area contributed by atoms with Gasteiger partial charge in [0, 0.05) is 32.3 Å². The molecule has 2 atom stereocenters. The third-order valence-corrected chi connectivity index (χ3v) is 4.84. The highest BCUT2D eigenvalue weighted by Gasteiger charge is 2.45. The molecule has 0 bridgehead atoms. The van der Waals surface area contributed by atoms with Crippen LogP contribution in [0.5, 0.6) is 0 Å². The maximum absolute atomic E-state index is 13.0. The molecule has 0 saturated carbocycles. The lowest BCUT2D eigenvalue weighted by molar-refractivity contribution is -0.142. The average Bonchev–Trinajstić information content (AvgIpc) is 3.13. The summed E-state index contributed by atoms with van der Waals surface area (Å²) in [7, 11) is 2.92. The van der Waals surface area contributed by atoms with E-state index in [2.05, 4.69) is 4.98 Å². The van der Waals surface area contributed by atoms with E-state index in [9.17, 15) is 14.4 Å². The number of fused-ring (bicyclic) bond motifs is 1. The van der Waals surface area contributed by atoms with Crippen LogP contribution in [0.2, 0.25) is 0 Å². The fourth-order valence-corrected chi connectivity index (χ4v) is 3.58. The van der Waals surface area contributed by atoms with E-state index in [-0.39, 0.29) is 18.2 Å². The third kappa shape index (κ3) is 2.74. The molecule has 3 heterocycles. The highest BCUT2D eigenvalue weighted by molar-refractivity contribution is 6.00. The van der Waals surface area contributed by atoms with Crippen LogP contribution in [0.15, 0.2) is 18.3 Å². The van der Waals surface area contributed by atoms with Gasteiger partial charge in [-0.15, -0.1) is 0 Å². The minimum absolute atomic E-state index is 0.0388. The summed E-state index contributed by atoms with van der Waals surface area (Å²) in [4.78, 5) is 44.9. The quantitative estimate of drug-likeness (QED) is 0.766. The zero-order valence-corrected chi connectivity index (χ0v) is 13.9. The van der Waals surface area contributed by atoms with Crippen LogP contribution in [0.1, 0.15) is 41.2 Å². The maximum atomic E-state index is 13.0. The van der Waals surface area contributed by atoms with Crippen LogP contribution in [-0.4, -0.2) is 65.9 Å². The van der Waals surface area contributed by atoms with Crippen molar-refractivity contribution in [3.63, 3.8) is 0 Å². The van der Waals surface area contributed by atoms with Crippen molar-refractivity contribution < 1.29 is 19.1 Å². The molecule has 0 aliphatic carbocycles. The fourth-order valence-electron chi connectivity index (χ4n) is 3.58. The lowest BCUT2D eigenvalue weighted by Gasteiger charge is -2.39. The second kappa shape index (κ2) is 6.59. The number of rotatable bonds is 3. The van der Waals surface area contributed by atoms with Gasteiger partial charge in [0.25, 0.3) is 5.91 Å². The molecular weight excluding hydrogens is 310 g/mol. The SMILES string of the molecule is COC(=O)C[C@H]1c2cccnc2C(=O)N(C)[C@@H]1C(=O)N1CCCC1. The first kappa shape index (κ1) is 16.4. The van der Waals surface area contributed by atoms with Gasteiger partial charge in [-0.05, 0) is 24.5 Å². The molecule has 1 saturated heterocycles. The Morgan fingerprint density at radius 2 is 2.04 bits per heavy atom. The van der Waals surface area contributed by atoms with Crippen LogP contribution in [0.3, 0.4) is 0 Å². The van der Waals surface area contributed by atoms with Crippen molar-refractivity contribution in [1.29, 1.82) is 0 Å². The Kier molecular flexibility index (Phi) is 4.51. The Labute approximate surface area is 140 Å². The Hall–Kier alpha value is -2.44. The van der Waals surface area contributed by atoms with E-state index in [1.807, 2.05) is 0 Å². The summed E-state index contributed by atoms with van der Waals surface area (Å²) in [5.74, 6) is -1.25. The number of likely N-dealkylation sites (tertiary alicyclic amines) is 1. The number of hydrogen-bond donors (Lipinski definition) is 0. The van der Waals surface area contributed by atoms with Crippen LogP contribution in [0.4, 0.5) is 0 Å². The zero-order chi connectivity index (χ0) is 17.3. The second-order valence-electron chi connectivity index (χ2n) is 6.22. The predicted octanol–water partition coefficient (Wildman–Crippen LogP) is 0.805. The van der Waals surface area contributed by atoms with E-state index in [1.54, 1.807) is 30.3 Å². The van der Waals surface area contributed by atoms with Gasteiger partial charge in [-0.2, -0.15) is 0 Å². The van der Waals surface area contributed by atoms with Crippen LogP contribution in [-0.2, 0) is 14.3 Å². The minimum atomic E-state index is -0.702. The van der Waals surface area contributed by atoms with E-state index < -0.39 is 17.9 Å². The van der Waals surface area contributed by atoms with Gasteiger partial charge in [0.05, 0.1) is 13.5 Å². The van der Waals surface area contributed by atoms with Crippen molar-refractivity contribution in [3.8, 4) is 0 Å².